The molecular formula is C19H27N5O2. The number of anilines is 1. The molecule has 7 heteroatoms. The normalized spacial score (nSPS) is 16.5. The highest BCUT2D eigenvalue weighted by molar-refractivity contribution is 5.75. The smallest absolute Gasteiger partial charge is 0.323 e. The number of nitrogens with two attached hydrogens (primary N) is 2. The van der Waals surface area contributed by atoms with Crippen LogP contribution >= 0.6 is 0 Å². The highest BCUT2D eigenvalue weighted by Gasteiger charge is 2.18. The van der Waals surface area contributed by atoms with E-state index >= 15 is 0 Å². The minimum atomic E-state index is -0.692. The standard InChI is InChI=1S/C19H27N5O2/c1-26-19(25)18(21)10-15-12-24(13-22-15)17-4-2-16(3-5-17)23-8-6-14(11-20)7-9-23/h2-5,12-14,18H,6-11,20-21H2,1H3. The first-order valence-corrected chi connectivity index (χ1v) is 9.02. The van der Waals surface area contributed by atoms with Crippen molar-refractivity contribution in [3.05, 3.63) is 42.5 Å². The molecule has 3 rings (SSSR count). The Morgan fingerprint density at radius 1 is 1.27 bits per heavy atom. The van der Waals surface area contributed by atoms with E-state index < -0.39 is 12.0 Å². The van der Waals surface area contributed by atoms with Crippen LogP contribution in [0.5, 0.6) is 0 Å². The van der Waals surface area contributed by atoms with Gasteiger partial charge in [0.05, 0.1) is 19.1 Å². The summed E-state index contributed by atoms with van der Waals surface area (Å²) in [5.41, 5.74) is 14.6. The summed E-state index contributed by atoms with van der Waals surface area (Å²) in [6, 6.07) is 7.74. The molecule has 1 aliphatic rings. The van der Waals surface area contributed by atoms with Gasteiger partial charge >= 0.3 is 5.97 Å². The van der Waals surface area contributed by atoms with Crippen molar-refractivity contribution >= 4 is 11.7 Å². The fraction of sp³-hybridized carbons (Fsp3) is 0.474. The summed E-state index contributed by atoms with van der Waals surface area (Å²) >= 11 is 0. The second-order valence-corrected chi connectivity index (χ2v) is 6.79. The molecule has 140 valence electrons. The van der Waals surface area contributed by atoms with E-state index in [-0.39, 0.29) is 0 Å². The molecule has 0 radical (unpaired) electrons. The van der Waals surface area contributed by atoms with Crippen LogP contribution in [0.4, 0.5) is 5.69 Å². The van der Waals surface area contributed by atoms with Crippen molar-refractivity contribution in [3.8, 4) is 5.69 Å². The van der Waals surface area contributed by atoms with Gasteiger partial charge in [0, 0.05) is 37.1 Å². The summed E-state index contributed by atoms with van der Waals surface area (Å²) in [6.07, 6.45) is 6.30. The molecule has 0 saturated carbocycles. The molecule has 0 bridgehead atoms. The summed E-state index contributed by atoms with van der Waals surface area (Å²) < 4.78 is 6.58. The highest BCUT2D eigenvalue weighted by atomic mass is 16.5. The lowest BCUT2D eigenvalue weighted by Gasteiger charge is -2.33. The molecule has 2 aromatic rings. The van der Waals surface area contributed by atoms with Gasteiger partial charge in [-0.25, -0.2) is 4.98 Å². The Bertz CT molecular complexity index is 720. The predicted octanol–water partition coefficient (Wildman–Crippen LogP) is 1.09. The minimum absolute atomic E-state index is 0.355. The van der Waals surface area contributed by atoms with Crippen LogP contribution in [0, 0.1) is 5.92 Å². The number of nitrogens with zero attached hydrogens (tertiary/aromatic N) is 3. The monoisotopic (exact) mass is 357 g/mol. The molecule has 0 spiro atoms. The van der Waals surface area contributed by atoms with E-state index in [4.69, 9.17) is 11.5 Å². The van der Waals surface area contributed by atoms with Gasteiger partial charge in [-0.3, -0.25) is 4.79 Å². The quantitative estimate of drug-likeness (QED) is 0.751. The number of piperidine rings is 1. The molecular weight excluding hydrogens is 330 g/mol. The first-order chi connectivity index (χ1) is 12.6. The summed E-state index contributed by atoms with van der Waals surface area (Å²) in [5, 5.41) is 0. The van der Waals surface area contributed by atoms with Gasteiger partial charge in [-0.2, -0.15) is 0 Å². The molecule has 1 aromatic heterocycles. The summed E-state index contributed by atoms with van der Waals surface area (Å²) in [7, 11) is 1.33. The van der Waals surface area contributed by atoms with Gasteiger partial charge < -0.3 is 25.7 Å². The molecule has 2 heterocycles. The average molecular weight is 357 g/mol. The van der Waals surface area contributed by atoms with Crippen LogP contribution in [0.2, 0.25) is 0 Å². The van der Waals surface area contributed by atoms with Crippen molar-refractivity contribution in [1.82, 2.24) is 9.55 Å². The maximum absolute atomic E-state index is 11.4. The zero-order valence-corrected chi connectivity index (χ0v) is 15.2. The van der Waals surface area contributed by atoms with E-state index in [1.54, 1.807) is 6.33 Å². The van der Waals surface area contributed by atoms with Crippen molar-refractivity contribution in [1.29, 1.82) is 0 Å². The summed E-state index contributed by atoms with van der Waals surface area (Å²) in [5.74, 6) is 0.230. The van der Waals surface area contributed by atoms with Crippen molar-refractivity contribution in [2.75, 3.05) is 31.6 Å². The number of hydrogen-bond acceptors (Lipinski definition) is 6. The number of esters is 1. The van der Waals surface area contributed by atoms with Crippen molar-refractivity contribution < 1.29 is 9.53 Å². The summed E-state index contributed by atoms with van der Waals surface area (Å²) in [4.78, 5) is 18.2. The number of aromatic nitrogens is 2. The average Bonchev–Trinajstić information content (AvgIpc) is 3.16. The van der Waals surface area contributed by atoms with E-state index in [1.807, 2.05) is 10.8 Å². The lowest BCUT2D eigenvalue weighted by molar-refractivity contribution is -0.142. The van der Waals surface area contributed by atoms with Crippen LogP contribution in [-0.2, 0) is 16.0 Å². The van der Waals surface area contributed by atoms with Gasteiger partial charge in [0.1, 0.15) is 6.04 Å². The number of methoxy groups -OCH3 is 1. The first kappa shape index (κ1) is 18.4. The third kappa shape index (κ3) is 4.23. The Balaban J connectivity index is 1.63. The third-order valence-corrected chi connectivity index (χ3v) is 5.03. The fourth-order valence-corrected chi connectivity index (χ4v) is 3.33. The Morgan fingerprint density at radius 3 is 2.54 bits per heavy atom. The topological polar surface area (TPSA) is 99.4 Å². The molecule has 1 atom stereocenters. The third-order valence-electron chi connectivity index (χ3n) is 5.03. The van der Waals surface area contributed by atoms with E-state index in [1.165, 1.54) is 12.8 Å². The molecule has 7 nitrogen and oxygen atoms in total. The molecule has 4 N–H and O–H groups in total. The summed E-state index contributed by atoms with van der Waals surface area (Å²) in [6.45, 7) is 2.90. The Kier molecular flexibility index (Phi) is 5.90. The van der Waals surface area contributed by atoms with Crippen LogP contribution in [0.3, 0.4) is 0 Å². The van der Waals surface area contributed by atoms with Crippen LogP contribution < -0.4 is 16.4 Å². The number of carbonyl (C=O) groups excluding carboxylic acids is 1. The van der Waals surface area contributed by atoms with Gasteiger partial charge in [0.15, 0.2) is 0 Å². The largest absolute Gasteiger partial charge is 0.468 e. The highest BCUT2D eigenvalue weighted by Crippen LogP contribution is 2.24. The molecule has 1 aromatic carbocycles. The Labute approximate surface area is 153 Å². The van der Waals surface area contributed by atoms with Gasteiger partial charge in [-0.1, -0.05) is 0 Å². The SMILES string of the molecule is COC(=O)C(N)Cc1cn(-c2ccc(N3CCC(CN)CC3)cc2)cn1. The van der Waals surface area contributed by atoms with Crippen molar-refractivity contribution in [2.45, 2.75) is 25.3 Å². The second-order valence-electron chi connectivity index (χ2n) is 6.79. The second kappa shape index (κ2) is 8.33. The van der Waals surface area contributed by atoms with E-state index in [2.05, 4.69) is 38.9 Å². The molecule has 1 saturated heterocycles. The zero-order valence-electron chi connectivity index (χ0n) is 15.2. The fourth-order valence-electron chi connectivity index (χ4n) is 3.33. The number of benzene rings is 1. The molecule has 1 unspecified atom stereocenters. The van der Waals surface area contributed by atoms with Gasteiger partial charge in [-0.15, -0.1) is 0 Å². The van der Waals surface area contributed by atoms with Crippen molar-refractivity contribution in [2.24, 2.45) is 17.4 Å². The van der Waals surface area contributed by atoms with Crippen molar-refractivity contribution in [3.63, 3.8) is 0 Å². The first-order valence-electron chi connectivity index (χ1n) is 9.02. The number of ether oxygens (including phenoxy) is 1. The molecule has 0 amide bonds. The van der Waals surface area contributed by atoms with Crippen LogP contribution in [0.1, 0.15) is 18.5 Å². The van der Waals surface area contributed by atoms with E-state index in [9.17, 15) is 4.79 Å². The number of hydrogen-bond donors (Lipinski definition) is 2. The van der Waals surface area contributed by atoms with Crippen LogP contribution in [0.25, 0.3) is 5.69 Å². The van der Waals surface area contributed by atoms with Gasteiger partial charge in [0.25, 0.3) is 0 Å². The zero-order chi connectivity index (χ0) is 18.5. The molecule has 26 heavy (non-hydrogen) atoms. The van der Waals surface area contributed by atoms with Crippen LogP contribution in [-0.4, -0.2) is 48.3 Å². The maximum atomic E-state index is 11.4. The minimum Gasteiger partial charge on any atom is -0.468 e. The maximum Gasteiger partial charge on any atom is 0.323 e. The lowest BCUT2D eigenvalue weighted by Crippen LogP contribution is -2.36. The molecule has 1 aliphatic heterocycles. The number of rotatable bonds is 6. The van der Waals surface area contributed by atoms with E-state index in [0.717, 1.165) is 43.9 Å². The number of carbonyl (C=O) groups is 1. The molecule has 1 fully saturated rings. The van der Waals surface area contributed by atoms with Gasteiger partial charge in [0.2, 0.25) is 0 Å². The molecule has 0 aliphatic carbocycles. The number of imidazole rings is 1. The predicted molar refractivity (Wildman–Crippen MR) is 101 cm³/mol. The Morgan fingerprint density at radius 2 is 1.92 bits per heavy atom. The Hall–Kier alpha value is -2.38. The van der Waals surface area contributed by atoms with Gasteiger partial charge in [-0.05, 0) is 49.6 Å². The lowest BCUT2D eigenvalue weighted by atomic mass is 9.97. The van der Waals surface area contributed by atoms with E-state index in [0.29, 0.717) is 12.3 Å². The van der Waals surface area contributed by atoms with Crippen LogP contribution in [0.15, 0.2) is 36.8 Å².